The van der Waals surface area contributed by atoms with Crippen LogP contribution in [0.15, 0.2) is 54.6 Å². The number of esters is 1. The fraction of sp³-hybridized carbons (Fsp3) is 0.568. The molecule has 3 aliphatic heterocycles. The van der Waals surface area contributed by atoms with Gasteiger partial charge in [-0.3, -0.25) is 28.9 Å². The Morgan fingerprint density at radius 2 is 1.49 bits per heavy atom. The summed E-state index contributed by atoms with van der Waals surface area (Å²) in [6.45, 7) is 13.0. The van der Waals surface area contributed by atoms with Gasteiger partial charge < -0.3 is 41.0 Å². The number of anilines is 1. The normalized spacial score (nSPS) is 19.4. The molecule has 2 aromatic rings. The number of carbonyl (C=O) groups excluding carboxylic acids is 7. The average Bonchev–Trinajstić information content (AvgIpc) is 3.91. The van der Waals surface area contributed by atoms with Crippen LogP contribution in [0.2, 0.25) is 0 Å². The maximum absolute atomic E-state index is 13.5. The number of urea groups is 1. The lowest BCUT2D eigenvalue weighted by molar-refractivity contribution is -0.156. The summed E-state index contributed by atoms with van der Waals surface area (Å²) in [4.78, 5) is 89.4. The first-order valence-corrected chi connectivity index (χ1v) is 20.9. The van der Waals surface area contributed by atoms with Gasteiger partial charge in [0, 0.05) is 18.8 Å². The minimum absolute atomic E-state index is 0.0206. The predicted molar refractivity (Wildman–Crippen MR) is 228 cm³/mol. The van der Waals surface area contributed by atoms with Crippen molar-refractivity contribution in [1.82, 2.24) is 25.3 Å². The Morgan fingerprint density at radius 1 is 0.847 bits per heavy atom. The van der Waals surface area contributed by atoms with E-state index < -0.39 is 36.2 Å². The zero-order chi connectivity index (χ0) is 43.9. The number of primary amides is 1. The molecule has 0 saturated carbocycles. The zero-order valence-corrected chi connectivity index (χ0v) is 36.0. The Labute approximate surface area is 350 Å². The van der Waals surface area contributed by atoms with Crippen molar-refractivity contribution in [1.29, 1.82) is 0 Å². The van der Waals surface area contributed by atoms with Crippen molar-refractivity contribution >= 4 is 47.6 Å². The van der Waals surface area contributed by atoms with E-state index in [1.54, 1.807) is 29.7 Å². The summed E-state index contributed by atoms with van der Waals surface area (Å²) in [5.74, 6) is -1.65. The second-order valence-electron chi connectivity index (χ2n) is 14.8. The van der Waals surface area contributed by atoms with Gasteiger partial charge in [-0.15, -0.1) is 0 Å². The molecule has 15 nitrogen and oxygen atoms in total. The SMILES string of the molecule is CC.CC(C=O)NC(=O)C1CCCCN1C(=O)C1CCCN1C(=O)CC(C)OC(=O)C1CCCN1C.CCc1cccc(NC(=O)NCC(N)=O)c1.Cc1ccccc1. The van der Waals surface area contributed by atoms with Gasteiger partial charge in [-0.2, -0.15) is 0 Å². The van der Waals surface area contributed by atoms with E-state index in [-0.39, 0.29) is 42.7 Å². The maximum atomic E-state index is 13.5. The second kappa shape index (κ2) is 26.6. The molecule has 5 rings (SSSR count). The molecule has 3 aliphatic rings. The van der Waals surface area contributed by atoms with Crippen LogP contribution in [0.1, 0.15) is 97.1 Å². The number of rotatable bonds is 12. The van der Waals surface area contributed by atoms with Gasteiger partial charge in [0.1, 0.15) is 30.5 Å². The van der Waals surface area contributed by atoms with E-state index in [1.165, 1.54) is 5.56 Å². The Bertz CT molecular complexity index is 1660. The van der Waals surface area contributed by atoms with E-state index >= 15 is 0 Å². The maximum Gasteiger partial charge on any atom is 0.323 e. The highest BCUT2D eigenvalue weighted by atomic mass is 16.5. The molecule has 3 heterocycles. The van der Waals surface area contributed by atoms with Gasteiger partial charge in [0.2, 0.25) is 23.6 Å². The number of piperidine rings is 1. The number of amides is 6. The second-order valence-corrected chi connectivity index (χ2v) is 14.8. The van der Waals surface area contributed by atoms with E-state index in [0.717, 1.165) is 44.2 Å². The molecular weight excluding hydrogens is 755 g/mol. The topological polar surface area (TPSA) is 201 Å². The summed E-state index contributed by atoms with van der Waals surface area (Å²) in [5, 5.41) is 7.60. The zero-order valence-electron chi connectivity index (χ0n) is 36.0. The third kappa shape index (κ3) is 17.2. The molecule has 2 aromatic carbocycles. The molecule has 3 saturated heterocycles. The molecule has 6 amide bonds. The largest absolute Gasteiger partial charge is 0.461 e. The van der Waals surface area contributed by atoms with Crippen LogP contribution in [0, 0.1) is 6.92 Å². The van der Waals surface area contributed by atoms with Crippen LogP contribution in [0.3, 0.4) is 0 Å². The van der Waals surface area contributed by atoms with Crippen molar-refractivity contribution in [2.45, 2.75) is 130 Å². The molecular formula is C44H67N7O8. The number of carbonyl (C=O) groups is 7. The van der Waals surface area contributed by atoms with E-state index in [0.29, 0.717) is 44.3 Å². The van der Waals surface area contributed by atoms with E-state index in [2.05, 4.69) is 35.0 Å². The first-order chi connectivity index (χ1) is 28.2. The molecule has 0 bridgehead atoms. The molecule has 59 heavy (non-hydrogen) atoms. The predicted octanol–water partition coefficient (Wildman–Crippen LogP) is 4.36. The van der Waals surface area contributed by atoms with Crippen molar-refractivity contribution in [2.75, 3.05) is 38.5 Å². The van der Waals surface area contributed by atoms with Crippen LogP contribution in [0.4, 0.5) is 10.5 Å². The fourth-order valence-corrected chi connectivity index (χ4v) is 6.97. The van der Waals surface area contributed by atoms with Crippen LogP contribution in [0.5, 0.6) is 0 Å². The molecule has 0 aliphatic carbocycles. The highest BCUT2D eigenvalue weighted by Gasteiger charge is 2.41. The summed E-state index contributed by atoms with van der Waals surface area (Å²) >= 11 is 0. The minimum Gasteiger partial charge on any atom is -0.461 e. The third-order valence-electron chi connectivity index (χ3n) is 10.0. The lowest BCUT2D eigenvalue weighted by Gasteiger charge is -2.38. The molecule has 15 heteroatoms. The molecule has 0 spiro atoms. The highest BCUT2D eigenvalue weighted by molar-refractivity contribution is 5.94. The van der Waals surface area contributed by atoms with Gasteiger partial charge in [0.25, 0.3) is 0 Å². The van der Waals surface area contributed by atoms with Gasteiger partial charge in [-0.05, 0) is 103 Å². The van der Waals surface area contributed by atoms with E-state index in [1.807, 2.05) is 69.1 Å². The number of likely N-dealkylation sites (N-methyl/N-ethyl adjacent to an activating group) is 1. The summed E-state index contributed by atoms with van der Waals surface area (Å²) in [6.07, 6.45) is 6.10. The molecule has 3 fully saturated rings. The van der Waals surface area contributed by atoms with Crippen LogP contribution in [-0.2, 0) is 39.9 Å². The Kier molecular flexibility index (Phi) is 22.5. The summed E-state index contributed by atoms with van der Waals surface area (Å²) in [6, 6.07) is 15.2. The average molecular weight is 822 g/mol. The molecule has 0 radical (unpaired) electrons. The number of nitrogens with zero attached hydrogens (tertiary/aromatic N) is 3. The van der Waals surface area contributed by atoms with Gasteiger partial charge in [-0.1, -0.05) is 68.8 Å². The van der Waals surface area contributed by atoms with Crippen LogP contribution in [0.25, 0.3) is 0 Å². The number of aryl methyl sites for hydroxylation is 2. The van der Waals surface area contributed by atoms with E-state index in [9.17, 15) is 33.6 Å². The number of ether oxygens (including phenoxy) is 1. The quantitative estimate of drug-likeness (QED) is 0.178. The van der Waals surface area contributed by atoms with Crippen LogP contribution in [-0.4, -0.2) is 120 Å². The van der Waals surface area contributed by atoms with Crippen LogP contribution >= 0.6 is 0 Å². The van der Waals surface area contributed by atoms with Gasteiger partial charge in [-0.25, -0.2) is 4.79 Å². The number of likely N-dealkylation sites (tertiary alicyclic amines) is 3. The first-order valence-electron chi connectivity index (χ1n) is 20.9. The van der Waals surface area contributed by atoms with Gasteiger partial charge in [0.15, 0.2) is 0 Å². The number of nitrogens with two attached hydrogens (primary N) is 1. The highest BCUT2D eigenvalue weighted by Crippen LogP contribution is 2.26. The van der Waals surface area contributed by atoms with Crippen molar-refractivity contribution in [3.63, 3.8) is 0 Å². The van der Waals surface area contributed by atoms with E-state index in [4.69, 9.17) is 10.5 Å². The lowest BCUT2D eigenvalue weighted by atomic mass is 9.99. The monoisotopic (exact) mass is 822 g/mol. The van der Waals surface area contributed by atoms with Crippen molar-refractivity contribution in [3.8, 4) is 0 Å². The van der Waals surface area contributed by atoms with Crippen molar-refractivity contribution < 1.29 is 38.3 Å². The summed E-state index contributed by atoms with van der Waals surface area (Å²) < 4.78 is 5.54. The third-order valence-corrected chi connectivity index (χ3v) is 10.0. The molecule has 5 unspecified atom stereocenters. The van der Waals surface area contributed by atoms with Crippen molar-refractivity contribution in [2.24, 2.45) is 5.73 Å². The van der Waals surface area contributed by atoms with Gasteiger partial charge in [0.05, 0.1) is 19.0 Å². The summed E-state index contributed by atoms with van der Waals surface area (Å²) in [5.41, 5.74) is 8.05. The standard InChI is InChI=1S/C24H38N4O6.C11H15N3O2.C7H8.C2H6/c1-16(15-29)25-22(31)18-8-4-5-12-28(18)23(32)19-9-7-13-27(19)21(30)14-17(2)34-24(33)20-10-6-11-26(20)3;1-2-8-4-3-5-9(6-8)14-11(16)13-7-10(12)15;1-7-5-3-2-4-6-7;1-2/h15-20H,4-14H2,1-3H3,(H,25,31);3-6H,2,7H2,1H3,(H2,12,15)(H2,13,14,16);2-6H,1H3;1-2H3. The Balaban J connectivity index is 0.000000393. The number of hydrogen-bond donors (Lipinski definition) is 4. The number of benzene rings is 2. The van der Waals surface area contributed by atoms with Gasteiger partial charge >= 0.3 is 12.0 Å². The summed E-state index contributed by atoms with van der Waals surface area (Å²) in [7, 11) is 1.89. The molecule has 5 N–H and O–H groups in total. The number of hydrogen-bond acceptors (Lipinski definition) is 9. The molecule has 5 atom stereocenters. The Hall–Kier alpha value is -5.31. The smallest absolute Gasteiger partial charge is 0.323 e. The first kappa shape index (κ1) is 49.8. The van der Waals surface area contributed by atoms with Crippen molar-refractivity contribution in [3.05, 3.63) is 65.7 Å². The minimum atomic E-state index is -0.635. The lowest BCUT2D eigenvalue weighted by Crippen LogP contribution is -2.58. The number of aldehydes is 1. The van der Waals surface area contributed by atoms with Crippen LogP contribution < -0.4 is 21.7 Å². The molecule has 0 aromatic heterocycles. The number of nitrogens with one attached hydrogen (secondary N) is 3. The Morgan fingerprint density at radius 3 is 2.08 bits per heavy atom. The fourth-order valence-electron chi connectivity index (χ4n) is 6.97. The molecule has 326 valence electrons.